The van der Waals surface area contributed by atoms with Crippen molar-refractivity contribution in [3.05, 3.63) is 58.6 Å². The van der Waals surface area contributed by atoms with Gasteiger partial charge in [0.15, 0.2) is 0 Å². The van der Waals surface area contributed by atoms with Crippen LogP contribution in [0.25, 0.3) is 0 Å². The SMILES string of the molecule is CC1(NC(=O)c2ccc(N3CCC(C=O)CC3)cc2)CC(C)(Oc2ccc(C#N)c(Cl)c2)C1(C)C. The molecule has 1 heterocycles. The summed E-state index contributed by atoms with van der Waals surface area (Å²) in [5.74, 6) is 0.646. The number of anilines is 1. The third-order valence-electron chi connectivity index (χ3n) is 8.41. The summed E-state index contributed by atoms with van der Waals surface area (Å²) in [6.07, 6.45) is 3.42. The van der Waals surface area contributed by atoms with Crippen LogP contribution >= 0.6 is 11.6 Å². The van der Waals surface area contributed by atoms with Crippen molar-refractivity contribution in [2.24, 2.45) is 11.3 Å². The minimum absolute atomic E-state index is 0.116. The largest absolute Gasteiger partial charge is 0.487 e. The first-order valence-corrected chi connectivity index (χ1v) is 12.4. The first-order chi connectivity index (χ1) is 16.5. The van der Waals surface area contributed by atoms with Gasteiger partial charge in [-0.05, 0) is 63.1 Å². The number of hydrogen-bond donors (Lipinski definition) is 1. The number of carbonyl (C=O) groups excluding carboxylic acids is 2. The molecule has 4 rings (SSSR count). The zero-order valence-corrected chi connectivity index (χ0v) is 21.5. The van der Waals surface area contributed by atoms with Crippen molar-refractivity contribution in [1.29, 1.82) is 5.26 Å². The zero-order valence-electron chi connectivity index (χ0n) is 20.7. The molecule has 0 aromatic heterocycles. The molecule has 6 nitrogen and oxygen atoms in total. The van der Waals surface area contributed by atoms with Crippen LogP contribution in [0.1, 0.15) is 62.9 Å². The molecule has 1 saturated carbocycles. The summed E-state index contributed by atoms with van der Waals surface area (Å²) in [4.78, 5) is 26.4. The molecule has 1 aliphatic carbocycles. The molecule has 0 bridgehead atoms. The van der Waals surface area contributed by atoms with Crippen LogP contribution in [0.2, 0.25) is 5.02 Å². The quantitative estimate of drug-likeness (QED) is 0.546. The van der Waals surface area contributed by atoms with E-state index in [0.717, 1.165) is 37.9 Å². The van der Waals surface area contributed by atoms with Crippen LogP contribution in [0, 0.1) is 22.7 Å². The highest BCUT2D eigenvalue weighted by Crippen LogP contribution is 2.58. The number of amides is 1. The van der Waals surface area contributed by atoms with Crippen LogP contribution in [0.5, 0.6) is 5.75 Å². The first-order valence-electron chi connectivity index (χ1n) is 12.0. The molecule has 2 aromatic carbocycles. The number of rotatable bonds is 6. The number of nitrogens with one attached hydrogen (secondary N) is 1. The first kappa shape index (κ1) is 25.1. The molecule has 7 heteroatoms. The second kappa shape index (κ2) is 9.20. The molecular formula is C28H32ClN3O3. The summed E-state index contributed by atoms with van der Waals surface area (Å²) in [7, 11) is 0. The summed E-state index contributed by atoms with van der Waals surface area (Å²) in [6.45, 7) is 9.97. The van der Waals surface area contributed by atoms with Crippen molar-refractivity contribution in [3.8, 4) is 11.8 Å². The van der Waals surface area contributed by atoms with Crippen molar-refractivity contribution in [3.63, 3.8) is 0 Å². The second-order valence-electron chi connectivity index (χ2n) is 10.7. The Morgan fingerprint density at radius 1 is 1.14 bits per heavy atom. The fourth-order valence-electron chi connectivity index (χ4n) is 5.31. The van der Waals surface area contributed by atoms with E-state index >= 15 is 0 Å². The van der Waals surface area contributed by atoms with E-state index in [9.17, 15) is 9.59 Å². The van der Waals surface area contributed by atoms with E-state index in [2.05, 4.69) is 30.1 Å². The van der Waals surface area contributed by atoms with E-state index in [1.54, 1.807) is 18.2 Å². The van der Waals surface area contributed by atoms with E-state index < -0.39 is 11.1 Å². The van der Waals surface area contributed by atoms with Crippen LogP contribution in [-0.2, 0) is 4.79 Å². The maximum Gasteiger partial charge on any atom is 0.251 e. The van der Waals surface area contributed by atoms with Gasteiger partial charge in [-0.25, -0.2) is 0 Å². The molecule has 2 unspecified atom stereocenters. The molecule has 0 spiro atoms. The molecule has 2 fully saturated rings. The Morgan fingerprint density at radius 2 is 1.80 bits per heavy atom. The minimum atomic E-state index is -0.524. The third-order valence-corrected chi connectivity index (χ3v) is 8.73. The molecule has 1 N–H and O–H groups in total. The summed E-state index contributed by atoms with van der Waals surface area (Å²) >= 11 is 6.18. The second-order valence-corrected chi connectivity index (χ2v) is 11.1. The Labute approximate surface area is 212 Å². The van der Waals surface area contributed by atoms with E-state index in [-0.39, 0.29) is 17.2 Å². The van der Waals surface area contributed by atoms with E-state index in [1.165, 1.54) is 0 Å². The molecule has 0 radical (unpaired) electrons. The van der Waals surface area contributed by atoms with E-state index in [4.69, 9.17) is 21.6 Å². The zero-order chi connectivity index (χ0) is 25.4. The van der Waals surface area contributed by atoms with Crippen LogP contribution in [-0.4, -0.2) is 36.4 Å². The van der Waals surface area contributed by atoms with Crippen molar-refractivity contribution in [1.82, 2.24) is 5.32 Å². The fraction of sp³-hybridized carbons (Fsp3) is 0.464. The molecule has 2 aromatic rings. The van der Waals surface area contributed by atoms with Crippen molar-refractivity contribution in [2.75, 3.05) is 18.0 Å². The van der Waals surface area contributed by atoms with Crippen LogP contribution < -0.4 is 15.0 Å². The lowest BCUT2D eigenvalue weighted by Gasteiger charge is -2.65. The van der Waals surface area contributed by atoms with Crippen molar-refractivity contribution in [2.45, 2.75) is 58.1 Å². The van der Waals surface area contributed by atoms with Gasteiger partial charge in [0.1, 0.15) is 23.7 Å². The normalized spacial score (nSPS) is 25.8. The summed E-state index contributed by atoms with van der Waals surface area (Å²) in [6, 6.07) is 14.8. The Morgan fingerprint density at radius 3 is 2.34 bits per heavy atom. The van der Waals surface area contributed by atoms with Crippen LogP contribution in [0.4, 0.5) is 5.69 Å². The fourth-order valence-corrected chi connectivity index (χ4v) is 5.52. The number of nitriles is 1. The number of hydrogen-bond acceptors (Lipinski definition) is 5. The van der Waals surface area contributed by atoms with Gasteiger partial charge in [0.25, 0.3) is 5.91 Å². The highest BCUT2D eigenvalue weighted by Gasteiger charge is 2.67. The topological polar surface area (TPSA) is 82.4 Å². The van der Waals surface area contributed by atoms with Gasteiger partial charge in [-0.15, -0.1) is 0 Å². The lowest BCUT2D eigenvalue weighted by atomic mass is 9.48. The maximum absolute atomic E-state index is 13.1. The van der Waals surface area contributed by atoms with Crippen LogP contribution in [0.3, 0.4) is 0 Å². The van der Waals surface area contributed by atoms with Gasteiger partial charge in [0.05, 0.1) is 16.1 Å². The number of halogens is 1. The Kier molecular flexibility index (Phi) is 6.59. The molecule has 1 aliphatic heterocycles. The van der Waals surface area contributed by atoms with Gasteiger partial charge in [0, 0.05) is 48.2 Å². The molecular weight excluding hydrogens is 462 g/mol. The highest BCUT2D eigenvalue weighted by atomic mass is 35.5. The van der Waals surface area contributed by atoms with E-state index in [0.29, 0.717) is 28.3 Å². The molecule has 1 amide bonds. The third kappa shape index (κ3) is 4.50. The Bertz CT molecular complexity index is 1160. The number of benzene rings is 2. The predicted molar refractivity (Wildman–Crippen MR) is 137 cm³/mol. The van der Waals surface area contributed by atoms with Gasteiger partial charge in [-0.2, -0.15) is 5.26 Å². The number of aldehydes is 1. The number of carbonyl (C=O) groups is 2. The lowest BCUT2D eigenvalue weighted by molar-refractivity contribution is -0.180. The van der Waals surface area contributed by atoms with Gasteiger partial charge in [-0.3, -0.25) is 4.79 Å². The molecule has 1 saturated heterocycles. The highest BCUT2D eigenvalue weighted by molar-refractivity contribution is 6.31. The van der Waals surface area contributed by atoms with E-state index in [1.807, 2.05) is 38.1 Å². The Balaban J connectivity index is 1.41. The number of nitrogens with zero attached hydrogens (tertiary/aromatic N) is 2. The Hall–Kier alpha value is -3.04. The summed E-state index contributed by atoms with van der Waals surface area (Å²) < 4.78 is 6.34. The maximum atomic E-state index is 13.1. The average molecular weight is 494 g/mol. The monoisotopic (exact) mass is 493 g/mol. The molecule has 184 valence electrons. The predicted octanol–water partition coefficient (Wildman–Crippen LogP) is 5.38. The lowest BCUT2D eigenvalue weighted by Crippen LogP contribution is -2.77. The molecule has 2 atom stereocenters. The number of ether oxygens (including phenoxy) is 1. The standard InChI is InChI=1S/C28H32ClN3O3/c1-26(2)27(3,18-28(26,4)35-23-10-7-21(16-30)24(29)15-23)31-25(34)20-5-8-22(9-6-20)32-13-11-19(17-33)12-14-32/h5-10,15,17,19H,11-14,18H2,1-4H3,(H,31,34). The van der Waals surface area contributed by atoms with Gasteiger partial charge in [0.2, 0.25) is 0 Å². The van der Waals surface area contributed by atoms with Crippen molar-refractivity contribution < 1.29 is 14.3 Å². The smallest absolute Gasteiger partial charge is 0.251 e. The van der Waals surface area contributed by atoms with Crippen LogP contribution in [0.15, 0.2) is 42.5 Å². The van der Waals surface area contributed by atoms with Gasteiger partial charge < -0.3 is 19.7 Å². The average Bonchev–Trinajstić information content (AvgIpc) is 2.84. The van der Waals surface area contributed by atoms with Gasteiger partial charge >= 0.3 is 0 Å². The number of piperidine rings is 1. The minimum Gasteiger partial charge on any atom is -0.487 e. The van der Waals surface area contributed by atoms with Crippen molar-refractivity contribution >= 4 is 29.5 Å². The molecule has 2 aliphatic rings. The summed E-state index contributed by atoms with van der Waals surface area (Å²) in [5.41, 5.74) is 0.726. The van der Waals surface area contributed by atoms with Gasteiger partial charge in [-0.1, -0.05) is 25.4 Å². The summed E-state index contributed by atoms with van der Waals surface area (Å²) in [5, 5.41) is 12.7. The molecule has 35 heavy (non-hydrogen) atoms.